The molecule has 1 atom stereocenters. The van der Waals surface area contributed by atoms with Gasteiger partial charge in [-0.3, -0.25) is 9.59 Å². The van der Waals surface area contributed by atoms with Gasteiger partial charge in [0, 0.05) is 36.3 Å². The van der Waals surface area contributed by atoms with Gasteiger partial charge in [0.1, 0.15) is 10.7 Å². The number of carbonyl (C=O) groups excluding carboxylic acids is 2. The molecule has 2 aromatic heterocycles. The van der Waals surface area contributed by atoms with Crippen molar-refractivity contribution < 1.29 is 9.59 Å². The predicted molar refractivity (Wildman–Crippen MR) is 140 cm³/mol. The lowest BCUT2D eigenvalue weighted by molar-refractivity contribution is 0.0708. The number of rotatable bonds is 7. The van der Waals surface area contributed by atoms with Crippen molar-refractivity contribution in [2.75, 3.05) is 18.8 Å². The third-order valence-electron chi connectivity index (χ3n) is 6.66. The lowest BCUT2D eigenvalue weighted by Gasteiger charge is -2.31. The van der Waals surface area contributed by atoms with Gasteiger partial charge in [0.05, 0.1) is 16.6 Å². The number of thiazole rings is 1. The Morgan fingerprint density at radius 2 is 2.00 bits per heavy atom. The fourth-order valence-corrected chi connectivity index (χ4v) is 6.52. The minimum absolute atomic E-state index is 0.0270. The number of amides is 2. The van der Waals surface area contributed by atoms with Crippen LogP contribution in [0.2, 0.25) is 0 Å². The lowest BCUT2D eigenvalue weighted by atomic mass is 9.97. The van der Waals surface area contributed by atoms with Crippen LogP contribution in [0.25, 0.3) is 0 Å². The summed E-state index contributed by atoms with van der Waals surface area (Å²) in [5, 5.41) is 6.76. The summed E-state index contributed by atoms with van der Waals surface area (Å²) in [5.74, 6) is 0.899. The Morgan fingerprint density at radius 1 is 1.17 bits per heavy atom. The molecule has 0 radical (unpaired) electrons. The van der Waals surface area contributed by atoms with Gasteiger partial charge in [-0.15, -0.1) is 29.7 Å². The Morgan fingerprint density at radius 3 is 2.83 bits per heavy atom. The minimum Gasteiger partial charge on any atom is -0.344 e. The Balaban J connectivity index is 1.18. The molecule has 3 heterocycles. The molecule has 1 aliphatic carbocycles. The summed E-state index contributed by atoms with van der Waals surface area (Å²) in [4.78, 5) is 37.0. The Hall–Kier alpha value is -2.97. The average Bonchev–Trinajstić information content (AvgIpc) is 3.55. The molecule has 180 valence electrons. The number of thioether (sulfide) groups is 1. The number of likely N-dealkylation sites (tertiary alicyclic amines) is 1. The SMILES string of the molecule is C=CCSc1ncccc1C(=O)N1CCC(c2nc(C(=O)NC3CCc4ccccc43)cs2)CC1. The number of nitrogens with zero attached hydrogens (tertiary/aromatic N) is 3. The van der Waals surface area contributed by atoms with Crippen LogP contribution in [0.15, 0.2) is 65.7 Å². The zero-order chi connectivity index (χ0) is 24.2. The van der Waals surface area contributed by atoms with Gasteiger partial charge in [-0.25, -0.2) is 9.97 Å². The third kappa shape index (κ3) is 5.18. The first-order chi connectivity index (χ1) is 17.1. The Bertz CT molecular complexity index is 1230. The molecule has 2 aliphatic rings. The molecule has 6 nitrogen and oxygen atoms in total. The normalized spacial score (nSPS) is 17.7. The molecule has 1 aromatic carbocycles. The molecule has 2 amide bonds. The van der Waals surface area contributed by atoms with E-state index < -0.39 is 0 Å². The van der Waals surface area contributed by atoms with Gasteiger partial charge in [0.2, 0.25) is 0 Å². The van der Waals surface area contributed by atoms with Crippen molar-refractivity contribution in [2.45, 2.75) is 42.7 Å². The summed E-state index contributed by atoms with van der Waals surface area (Å²) in [7, 11) is 0. The van der Waals surface area contributed by atoms with Crippen LogP contribution >= 0.6 is 23.1 Å². The first-order valence-electron chi connectivity index (χ1n) is 12.0. The monoisotopic (exact) mass is 504 g/mol. The van der Waals surface area contributed by atoms with E-state index in [2.05, 4.69) is 34.0 Å². The van der Waals surface area contributed by atoms with Crippen molar-refractivity contribution in [3.05, 3.63) is 88.0 Å². The number of aromatic nitrogens is 2. The van der Waals surface area contributed by atoms with E-state index >= 15 is 0 Å². The van der Waals surface area contributed by atoms with E-state index in [1.165, 1.54) is 22.9 Å². The number of fused-ring (bicyclic) bond motifs is 1. The maximum Gasteiger partial charge on any atom is 0.271 e. The van der Waals surface area contributed by atoms with Gasteiger partial charge >= 0.3 is 0 Å². The smallest absolute Gasteiger partial charge is 0.271 e. The van der Waals surface area contributed by atoms with E-state index in [4.69, 9.17) is 0 Å². The van der Waals surface area contributed by atoms with Crippen LogP contribution in [-0.4, -0.2) is 45.5 Å². The second kappa shape index (κ2) is 10.7. The number of hydrogen-bond acceptors (Lipinski definition) is 6. The van der Waals surface area contributed by atoms with Crippen molar-refractivity contribution in [3.63, 3.8) is 0 Å². The molecule has 35 heavy (non-hydrogen) atoms. The van der Waals surface area contributed by atoms with Crippen molar-refractivity contribution in [2.24, 2.45) is 0 Å². The average molecular weight is 505 g/mol. The van der Waals surface area contributed by atoms with Crippen LogP contribution in [0, 0.1) is 0 Å². The number of hydrogen-bond donors (Lipinski definition) is 1. The van der Waals surface area contributed by atoms with Gasteiger partial charge in [-0.2, -0.15) is 0 Å². The van der Waals surface area contributed by atoms with Gasteiger partial charge in [0.25, 0.3) is 11.8 Å². The summed E-state index contributed by atoms with van der Waals surface area (Å²) in [6.45, 7) is 5.09. The molecule has 1 unspecified atom stereocenters. The molecule has 8 heteroatoms. The summed E-state index contributed by atoms with van der Waals surface area (Å²) < 4.78 is 0. The zero-order valence-electron chi connectivity index (χ0n) is 19.5. The summed E-state index contributed by atoms with van der Waals surface area (Å²) in [6, 6.07) is 12.0. The molecule has 1 saturated heterocycles. The highest BCUT2D eigenvalue weighted by molar-refractivity contribution is 7.99. The van der Waals surface area contributed by atoms with E-state index in [1.54, 1.807) is 17.5 Å². The molecular formula is C27H28N4O2S2. The van der Waals surface area contributed by atoms with Gasteiger partial charge in [0.15, 0.2) is 0 Å². The highest BCUT2D eigenvalue weighted by Crippen LogP contribution is 2.33. The molecule has 1 aliphatic heterocycles. The van der Waals surface area contributed by atoms with Crippen molar-refractivity contribution >= 4 is 34.9 Å². The van der Waals surface area contributed by atoms with Crippen LogP contribution in [0.1, 0.15) is 68.2 Å². The van der Waals surface area contributed by atoms with E-state index in [0.29, 0.717) is 30.1 Å². The second-order valence-corrected chi connectivity index (χ2v) is 10.8. The van der Waals surface area contributed by atoms with Gasteiger partial charge in [-0.05, 0) is 48.9 Å². The molecule has 0 bridgehead atoms. The number of piperidine rings is 1. The number of aryl methyl sites for hydroxylation is 1. The van der Waals surface area contributed by atoms with Gasteiger partial charge in [-0.1, -0.05) is 30.3 Å². The number of benzene rings is 1. The van der Waals surface area contributed by atoms with Crippen LogP contribution < -0.4 is 5.32 Å². The summed E-state index contributed by atoms with van der Waals surface area (Å²) in [6.07, 6.45) is 7.13. The highest BCUT2D eigenvalue weighted by Gasteiger charge is 2.29. The van der Waals surface area contributed by atoms with E-state index in [-0.39, 0.29) is 23.8 Å². The minimum atomic E-state index is -0.108. The zero-order valence-corrected chi connectivity index (χ0v) is 21.1. The fourth-order valence-electron chi connectivity index (χ4n) is 4.83. The summed E-state index contributed by atoms with van der Waals surface area (Å²) in [5.41, 5.74) is 3.68. The lowest BCUT2D eigenvalue weighted by Crippen LogP contribution is -2.38. The topological polar surface area (TPSA) is 75.2 Å². The molecule has 5 rings (SSSR count). The maximum absolute atomic E-state index is 13.2. The molecule has 0 spiro atoms. The van der Waals surface area contributed by atoms with Crippen LogP contribution in [0.5, 0.6) is 0 Å². The van der Waals surface area contributed by atoms with Crippen molar-refractivity contribution in [1.29, 1.82) is 0 Å². The van der Waals surface area contributed by atoms with E-state index in [9.17, 15) is 9.59 Å². The highest BCUT2D eigenvalue weighted by atomic mass is 32.2. The fraction of sp³-hybridized carbons (Fsp3) is 0.333. The van der Waals surface area contributed by atoms with Crippen LogP contribution in [0.4, 0.5) is 0 Å². The number of nitrogens with one attached hydrogen (secondary N) is 1. The van der Waals surface area contributed by atoms with Crippen LogP contribution in [0.3, 0.4) is 0 Å². The molecular weight excluding hydrogens is 476 g/mol. The maximum atomic E-state index is 13.2. The molecule has 1 N–H and O–H groups in total. The first kappa shape index (κ1) is 23.8. The third-order valence-corrected chi connectivity index (χ3v) is 8.67. The van der Waals surface area contributed by atoms with Crippen LogP contribution in [-0.2, 0) is 6.42 Å². The summed E-state index contributed by atoms with van der Waals surface area (Å²) >= 11 is 3.07. The predicted octanol–water partition coefficient (Wildman–Crippen LogP) is 5.25. The van der Waals surface area contributed by atoms with E-state index in [0.717, 1.165) is 35.7 Å². The van der Waals surface area contributed by atoms with E-state index in [1.807, 2.05) is 40.6 Å². The van der Waals surface area contributed by atoms with Crippen molar-refractivity contribution in [1.82, 2.24) is 20.2 Å². The second-order valence-electron chi connectivity index (χ2n) is 8.86. The molecule has 0 saturated carbocycles. The Kier molecular flexibility index (Phi) is 7.29. The number of carbonyl (C=O) groups is 2. The molecule has 3 aromatic rings. The quantitative estimate of drug-likeness (QED) is 0.351. The van der Waals surface area contributed by atoms with Crippen molar-refractivity contribution in [3.8, 4) is 0 Å². The first-order valence-corrected chi connectivity index (χ1v) is 13.8. The standard InChI is InChI=1S/C27H28N4O2S2/c1-2-16-34-26-21(8-5-13-28-26)27(33)31-14-11-19(12-15-31)25-30-23(17-35-25)24(32)29-22-10-9-18-6-3-4-7-20(18)22/h2-8,13,17,19,22H,1,9-12,14-16H2,(H,29,32). The Labute approximate surface area is 213 Å². The van der Waals surface area contributed by atoms with Gasteiger partial charge < -0.3 is 10.2 Å². The largest absolute Gasteiger partial charge is 0.344 e. The number of pyridine rings is 1. The molecule has 1 fully saturated rings.